The Labute approximate surface area is 126 Å². The number of nitrogens with one attached hydrogen (secondary N) is 1. The van der Waals surface area contributed by atoms with Gasteiger partial charge < -0.3 is 16.0 Å². The molecule has 0 spiro atoms. The number of rotatable bonds is 2. The lowest BCUT2D eigenvalue weighted by Crippen LogP contribution is -2.30. The smallest absolute Gasteiger partial charge is 0.223 e. The highest BCUT2D eigenvalue weighted by Gasteiger charge is 2.22. The van der Waals surface area contributed by atoms with Crippen LogP contribution in [-0.2, 0) is 0 Å². The fraction of sp³-hybridized carbons (Fsp3) is 0.625. The highest BCUT2D eigenvalue weighted by atomic mass is 15.2. The van der Waals surface area contributed by atoms with Gasteiger partial charge in [0.05, 0.1) is 0 Å². The van der Waals surface area contributed by atoms with Crippen LogP contribution in [0.1, 0.15) is 37.8 Å². The third-order valence-corrected chi connectivity index (χ3v) is 4.41. The molecule has 0 radical (unpaired) electrons. The molecular formula is C16H23N5. The lowest BCUT2D eigenvalue weighted by Gasteiger charge is -2.17. The zero-order valence-electron chi connectivity index (χ0n) is 12.6. The molecule has 2 heterocycles. The Kier molecular flexibility index (Phi) is 4.26. The van der Waals surface area contributed by atoms with E-state index in [0.717, 1.165) is 31.0 Å². The minimum absolute atomic E-state index is 0.316. The first-order chi connectivity index (χ1) is 10.2. The van der Waals surface area contributed by atoms with Gasteiger partial charge in [-0.1, -0.05) is 18.8 Å². The van der Waals surface area contributed by atoms with E-state index in [4.69, 9.17) is 5.73 Å². The van der Waals surface area contributed by atoms with E-state index in [0.29, 0.717) is 17.9 Å². The molecule has 3 rings (SSSR count). The van der Waals surface area contributed by atoms with Crippen molar-refractivity contribution >= 4 is 11.8 Å². The molecule has 2 aliphatic rings. The molecule has 1 aliphatic carbocycles. The summed E-state index contributed by atoms with van der Waals surface area (Å²) in [4.78, 5) is 10.9. The van der Waals surface area contributed by atoms with Gasteiger partial charge in [-0.15, -0.1) is 0 Å². The molecule has 0 aromatic carbocycles. The number of likely N-dealkylation sites (N-methyl/N-ethyl adjacent to an activating group) is 1. The van der Waals surface area contributed by atoms with Crippen molar-refractivity contribution in [1.29, 1.82) is 0 Å². The maximum Gasteiger partial charge on any atom is 0.223 e. The second-order valence-corrected chi connectivity index (χ2v) is 5.94. The molecule has 2 fully saturated rings. The fourth-order valence-corrected chi connectivity index (χ4v) is 3.13. The molecule has 1 saturated heterocycles. The van der Waals surface area contributed by atoms with Crippen LogP contribution in [-0.4, -0.2) is 36.1 Å². The van der Waals surface area contributed by atoms with Crippen LogP contribution in [0.15, 0.2) is 6.07 Å². The van der Waals surface area contributed by atoms with Crippen molar-refractivity contribution in [1.82, 2.24) is 15.3 Å². The predicted molar refractivity (Wildman–Crippen MR) is 85.0 cm³/mol. The second kappa shape index (κ2) is 6.31. The van der Waals surface area contributed by atoms with Crippen molar-refractivity contribution < 1.29 is 0 Å². The van der Waals surface area contributed by atoms with E-state index < -0.39 is 0 Å². The molecule has 0 bridgehead atoms. The molecule has 0 unspecified atom stereocenters. The van der Waals surface area contributed by atoms with E-state index in [-0.39, 0.29) is 0 Å². The zero-order valence-corrected chi connectivity index (χ0v) is 12.6. The van der Waals surface area contributed by atoms with Crippen LogP contribution < -0.4 is 16.0 Å². The van der Waals surface area contributed by atoms with Gasteiger partial charge in [-0.3, -0.25) is 0 Å². The van der Waals surface area contributed by atoms with Gasteiger partial charge in [-0.25, -0.2) is 4.98 Å². The number of aromatic nitrogens is 2. The first-order valence-corrected chi connectivity index (χ1v) is 7.83. The standard InChI is InChI=1S/C16H23N5/c1-18-14-8-9-21(11-14)15-10-13(19-16(17)20-15)7-6-12-4-2-3-5-12/h10,12,14,18H,2-5,8-9,11H2,1H3,(H2,17,19,20)/t14-/m1/s1. The fourth-order valence-electron chi connectivity index (χ4n) is 3.13. The van der Waals surface area contributed by atoms with Crippen LogP contribution in [0.2, 0.25) is 0 Å². The molecule has 1 saturated carbocycles. The van der Waals surface area contributed by atoms with Crippen LogP contribution in [0.25, 0.3) is 0 Å². The van der Waals surface area contributed by atoms with Crippen molar-refractivity contribution in [3.05, 3.63) is 11.8 Å². The van der Waals surface area contributed by atoms with Crippen LogP contribution >= 0.6 is 0 Å². The van der Waals surface area contributed by atoms with Gasteiger partial charge in [0, 0.05) is 31.1 Å². The van der Waals surface area contributed by atoms with Crippen LogP contribution in [0.3, 0.4) is 0 Å². The summed E-state index contributed by atoms with van der Waals surface area (Å²) in [6.45, 7) is 1.96. The quantitative estimate of drug-likeness (QED) is 0.804. The van der Waals surface area contributed by atoms with Crippen LogP contribution in [0.5, 0.6) is 0 Å². The van der Waals surface area contributed by atoms with Crippen LogP contribution in [0, 0.1) is 17.8 Å². The number of nitrogens with zero attached hydrogens (tertiary/aromatic N) is 3. The minimum atomic E-state index is 0.316. The molecule has 1 aromatic heterocycles. The number of nitrogens with two attached hydrogens (primary N) is 1. The normalized spacial score (nSPS) is 22.3. The van der Waals surface area contributed by atoms with Crippen molar-refractivity contribution in [2.45, 2.75) is 38.1 Å². The SMILES string of the molecule is CN[C@@H]1CCN(c2cc(C#CC3CCCC3)nc(N)n2)C1. The van der Waals surface area contributed by atoms with E-state index in [2.05, 4.69) is 32.0 Å². The summed E-state index contributed by atoms with van der Waals surface area (Å²) in [5.41, 5.74) is 6.59. The number of hydrogen-bond acceptors (Lipinski definition) is 5. The Balaban J connectivity index is 1.76. The van der Waals surface area contributed by atoms with Crippen molar-refractivity contribution in [2.24, 2.45) is 5.92 Å². The van der Waals surface area contributed by atoms with E-state index in [1.54, 1.807) is 0 Å². The molecule has 5 nitrogen and oxygen atoms in total. The Bertz CT molecular complexity index is 554. The van der Waals surface area contributed by atoms with Crippen molar-refractivity contribution in [2.75, 3.05) is 30.8 Å². The maximum absolute atomic E-state index is 5.85. The number of anilines is 2. The number of hydrogen-bond donors (Lipinski definition) is 2. The summed E-state index contributed by atoms with van der Waals surface area (Å²) in [5, 5.41) is 3.31. The van der Waals surface area contributed by atoms with E-state index in [1.165, 1.54) is 25.7 Å². The molecule has 21 heavy (non-hydrogen) atoms. The monoisotopic (exact) mass is 285 g/mol. The van der Waals surface area contributed by atoms with Gasteiger partial charge in [-0.05, 0) is 32.2 Å². The van der Waals surface area contributed by atoms with Crippen molar-refractivity contribution in [3.8, 4) is 11.8 Å². The Morgan fingerprint density at radius 1 is 1.29 bits per heavy atom. The third-order valence-electron chi connectivity index (χ3n) is 4.41. The van der Waals surface area contributed by atoms with Gasteiger partial charge in [0.2, 0.25) is 5.95 Å². The van der Waals surface area contributed by atoms with Gasteiger partial charge in [0.25, 0.3) is 0 Å². The lowest BCUT2D eigenvalue weighted by atomic mass is 10.1. The third kappa shape index (κ3) is 3.45. The molecule has 1 aromatic rings. The molecule has 0 amide bonds. The topological polar surface area (TPSA) is 67.1 Å². The van der Waals surface area contributed by atoms with E-state index >= 15 is 0 Å². The Morgan fingerprint density at radius 2 is 2.10 bits per heavy atom. The molecule has 1 aliphatic heterocycles. The highest BCUT2D eigenvalue weighted by molar-refractivity contribution is 5.48. The van der Waals surface area contributed by atoms with Gasteiger partial charge >= 0.3 is 0 Å². The summed E-state index contributed by atoms with van der Waals surface area (Å²) in [6, 6.07) is 2.49. The Hall–Kier alpha value is -1.80. The zero-order chi connectivity index (χ0) is 14.7. The first kappa shape index (κ1) is 14.2. The Morgan fingerprint density at radius 3 is 2.81 bits per heavy atom. The maximum atomic E-state index is 5.85. The van der Waals surface area contributed by atoms with Gasteiger partial charge in [-0.2, -0.15) is 4.98 Å². The molecular weight excluding hydrogens is 262 g/mol. The minimum Gasteiger partial charge on any atom is -0.368 e. The molecule has 5 heteroatoms. The number of nitrogen functional groups attached to an aromatic ring is 1. The largest absolute Gasteiger partial charge is 0.368 e. The van der Waals surface area contributed by atoms with E-state index in [1.807, 2.05) is 13.1 Å². The summed E-state index contributed by atoms with van der Waals surface area (Å²) in [7, 11) is 2.00. The highest BCUT2D eigenvalue weighted by Crippen LogP contribution is 2.24. The van der Waals surface area contributed by atoms with Crippen molar-refractivity contribution in [3.63, 3.8) is 0 Å². The van der Waals surface area contributed by atoms with E-state index in [9.17, 15) is 0 Å². The molecule has 3 N–H and O–H groups in total. The molecule has 112 valence electrons. The average Bonchev–Trinajstić information content (AvgIpc) is 3.16. The average molecular weight is 285 g/mol. The predicted octanol–water partition coefficient (Wildman–Crippen LogP) is 1.40. The van der Waals surface area contributed by atoms with Crippen LogP contribution in [0.4, 0.5) is 11.8 Å². The lowest BCUT2D eigenvalue weighted by molar-refractivity contribution is 0.616. The summed E-state index contributed by atoms with van der Waals surface area (Å²) >= 11 is 0. The summed E-state index contributed by atoms with van der Waals surface area (Å²) in [5.74, 6) is 8.28. The first-order valence-electron chi connectivity index (χ1n) is 7.83. The van der Waals surface area contributed by atoms with Gasteiger partial charge in [0.1, 0.15) is 11.5 Å². The summed E-state index contributed by atoms with van der Waals surface area (Å²) < 4.78 is 0. The summed E-state index contributed by atoms with van der Waals surface area (Å²) in [6.07, 6.45) is 6.17. The van der Waals surface area contributed by atoms with Gasteiger partial charge in [0.15, 0.2) is 0 Å². The molecule has 1 atom stereocenters. The second-order valence-electron chi connectivity index (χ2n) is 5.94.